The first-order chi connectivity index (χ1) is 8.29. The molecule has 5 heteroatoms. The molecule has 2 aromatic heterocycles. The standard InChI is InChI=1S/C13H15NO2S2/c1-7-14-10(12(15)16)11(17-7)8-5-6-9(18-8)13(2,3)4/h5-6H,1-4H3,(H,15,16). The molecule has 0 atom stereocenters. The molecule has 0 aliphatic heterocycles. The second kappa shape index (κ2) is 4.48. The van der Waals surface area contributed by atoms with Crippen molar-refractivity contribution in [1.82, 2.24) is 4.98 Å². The third-order valence-electron chi connectivity index (χ3n) is 2.51. The number of aromatic carboxylic acids is 1. The number of aryl methyl sites for hydroxylation is 1. The molecular formula is C13H15NO2S2. The molecule has 2 aromatic rings. The minimum atomic E-state index is -0.958. The second-order valence-electron chi connectivity index (χ2n) is 5.13. The van der Waals surface area contributed by atoms with Crippen molar-refractivity contribution in [3.8, 4) is 9.75 Å². The molecule has 0 saturated heterocycles. The van der Waals surface area contributed by atoms with E-state index in [0.29, 0.717) is 0 Å². The first kappa shape index (κ1) is 13.2. The Morgan fingerprint density at radius 3 is 2.44 bits per heavy atom. The van der Waals surface area contributed by atoms with Gasteiger partial charge in [-0.05, 0) is 24.5 Å². The fourth-order valence-corrected chi connectivity index (χ4v) is 3.69. The number of aromatic nitrogens is 1. The number of hydrogen-bond acceptors (Lipinski definition) is 4. The van der Waals surface area contributed by atoms with Crippen molar-refractivity contribution in [2.75, 3.05) is 0 Å². The summed E-state index contributed by atoms with van der Waals surface area (Å²) in [4.78, 5) is 18.2. The Morgan fingerprint density at radius 2 is 1.94 bits per heavy atom. The number of nitrogens with zero attached hydrogens (tertiary/aromatic N) is 1. The lowest BCUT2D eigenvalue weighted by Crippen LogP contribution is -2.07. The molecule has 0 aliphatic carbocycles. The van der Waals surface area contributed by atoms with Gasteiger partial charge in [-0.2, -0.15) is 0 Å². The third kappa shape index (κ3) is 2.47. The van der Waals surface area contributed by atoms with Crippen LogP contribution in [-0.4, -0.2) is 16.1 Å². The van der Waals surface area contributed by atoms with Crippen LogP contribution in [-0.2, 0) is 5.41 Å². The predicted molar refractivity (Wildman–Crippen MR) is 75.8 cm³/mol. The molecular weight excluding hydrogens is 266 g/mol. The Balaban J connectivity index is 2.49. The van der Waals surface area contributed by atoms with Gasteiger partial charge in [0.15, 0.2) is 5.69 Å². The maximum atomic E-state index is 11.2. The van der Waals surface area contributed by atoms with Crippen molar-refractivity contribution in [3.63, 3.8) is 0 Å². The van der Waals surface area contributed by atoms with E-state index in [1.807, 2.05) is 13.0 Å². The van der Waals surface area contributed by atoms with Gasteiger partial charge in [-0.25, -0.2) is 9.78 Å². The van der Waals surface area contributed by atoms with Crippen LogP contribution in [0.4, 0.5) is 0 Å². The molecule has 18 heavy (non-hydrogen) atoms. The van der Waals surface area contributed by atoms with Gasteiger partial charge in [0.2, 0.25) is 0 Å². The smallest absolute Gasteiger partial charge is 0.356 e. The van der Waals surface area contributed by atoms with E-state index in [1.54, 1.807) is 11.3 Å². The molecule has 3 nitrogen and oxygen atoms in total. The van der Waals surface area contributed by atoms with E-state index in [1.165, 1.54) is 16.2 Å². The quantitative estimate of drug-likeness (QED) is 0.898. The summed E-state index contributed by atoms with van der Waals surface area (Å²) in [5.41, 5.74) is 0.256. The zero-order valence-electron chi connectivity index (χ0n) is 10.8. The first-order valence-electron chi connectivity index (χ1n) is 5.60. The summed E-state index contributed by atoms with van der Waals surface area (Å²) in [6.07, 6.45) is 0. The lowest BCUT2D eigenvalue weighted by molar-refractivity contribution is 0.0692. The largest absolute Gasteiger partial charge is 0.476 e. The molecule has 2 rings (SSSR count). The molecule has 0 aliphatic rings. The molecule has 0 spiro atoms. The average Bonchev–Trinajstić information content (AvgIpc) is 2.81. The lowest BCUT2D eigenvalue weighted by Gasteiger charge is -2.15. The Kier molecular flexibility index (Phi) is 3.29. The SMILES string of the molecule is Cc1nc(C(=O)O)c(-c2ccc(C(C)(C)C)s2)s1. The Morgan fingerprint density at radius 1 is 1.28 bits per heavy atom. The van der Waals surface area contributed by atoms with Crippen molar-refractivity contribution < 1.29 is 9.90 Å². The number of carboxylic acids is 1. The molecule has 0 amide bonds. The summed E-state index contributed by atoms with van der Waals surface area (Å²) in [7, 11) is 0. The normalized spacial score (nSPS) is 11.8. The van der Waals surface area contributed by atoms with Crippen LogP contribution in [0.15, 0.2) is 12.1 Å². The van der Waals surface area contributed by atoms with Crippen LogP contribution in [0.5, 0.6) is 0 Å². The first-order valence-corrected chi connectivity index (χ1v) is 7.24. The van der Waals surface area contributed by atoms with Gasteiger partial charge in [0.05, 0.1) is 9.88 Å². The number of hydrogen-bond donors (Lipinski definition) is 1. The second-order valence-corrected chi connectivity index (χ2v) is 7.42. The van der Waals surface area contributed by atoms with Crippen molar-refractivity contribution in [3.05, 3.63) is 27.7 Å². The van der Waals surface area contributed by atoms with Crippen molar-refractivity contribution in [2.24, 2.45) is 0 Å². The number of rotatable bonds is 2. The van der Waals surface area contributed by atoms with E-state index in [0.717, 1.165) is 14.8 Å². The summed E-state index contributed by atoms with van der Waals surface area (Å²) in [6.45, 7) is 8.29. The van der Waals surface area contributed by atoms with E-state index in [4.69, 9.17) is 5.11 Å². The van der Waals surface area contributed by atoms with Gasteiger partial charge in [0, 0.05) is 9.75 Å². The van der Waals surface area contributed by atoms with Gasteiger partial charge < -0.3 is 5.11 Å². The van der Waals surface area contributed by atoms with Crippen LogP contribution in [0.2, 0.25) is 0 Å². The Bertz CT molecular complexity index is 590. The minimum Gasteiger partial charge on any atom is -0.476 e. The monoisotopic (exact) mass is 281 g/mol. The summed E-state index contributed by atoms with van der Waals surface area (Å²) in [6, 6.07) is 4.06. The van der Waals surface area contributed by atoms with Crippen LogP contribution < -0.4 is 0 Å². The molecule has 0 saturated carbocycles. The lowest BCUT2D eigenvalue weighted by atomic mass is 9.95. The minimum absolute atomic E-state index is 0.0893. The van der Waals surface area contributed by atoms with Gasteiger partial charge in [-0.3, -0.25) is 0 Å². The van der Waals surface area contributed by atoms with E-state index >= 15 is 0 Å². The highest BCUT2D eigenvalue weighted by Gasteiger charge is 2.21. The van der Waals surface area contributed by atoms with Crippen molar-refractivity contribution in [2.45, 2.75) is 33.1 Å². The summed E-state index contributed by atoms with van der Waals surface area (Å²) in [5.74, 6) is -0.958. The molecule has 96 valence electrons. The molecule has 0 fully saturated rings. The number of carboxylic acid groups (broad SMARTS) is 1. The molecule has 2 heterocycles. The van der Waals surface area contributed by atoms with Crippen LogP contribution >= 0.6 is 22.7 Å². The van der Waals surface area contributed by atoms with E-state index < -0.39 is 5.97 Å². The van der Waals surface area contributed by atoms with Gasteiger partial charge in [0.25, 0.3) is 0 Å². The van der Waals surface area contributed by atoms with E-state index in [2.05, 4.69) is 31.8 Å². The summed E-state index contributed by atoms with van der Waals surface area (Å²) < 4.78 is 0. The molecule has 0 aromatic carbocycles. The highest BCUT2D eigenvalue weighted by atomic mass is 32.1. The zero-order valence-corrected chi connectivity index (χ0v) is 12.4. The molecule has 0 unspecified atom stereocenters. The van der Waals surface area contributed by atoms with Crippen LogP contribution in [0, 0.1) is 6.92 Å². The Labute approximate surface area is 114 Å². The third-order valence-corrected chi connectivity index (χ3v) is 5.17. The number of thiazole rings is 1. The van der Waals surface area contributed by atoms with Gasteiger partial charge in [0.1, 0.15) is 0 Å². The van der Waals surface area contributed by atoms with Crippen LogP contribution in [0.1, 0.15) is 41.1 Å². The van der Waals surface area contributed by atoms with E-state index in [9.17, 15) is 4.79 Å². The van der Waals surface area contributed by atoms with Crippen LogP contribution in [0.3, 0.4) is 0 Å². The van der Waals surface area contributed by atoms with Crippen LogP contribution in [0.25, 0.3) is 9.75 Å². The molecule has 0 bridgehead atoms. The molecule has 0 radical (unpaired) electrons. The molecule has 1 N–H and O–H groups in total. The van der Waals surface area contributed by atoms with Gasteiger partial charge >= 0.3 is 5.97 Å². The van der Waals surface area contributed by atoms with Crippen molar-refractivity contribution >= 4 is 28.6 Å². The predicted octanol–water partition coefficient (Wildman–Crippen LogP) is 4.18. The van der Waals surface area contributed by atoms with E-state index in [-0.39, 0.29) is 11.1 Å². The highest BCUT2D eigenvalue weighted by Crippen LogP contribution is 2.38. The fourth-order valence-electron chi connectivity index (χ4n) is 1.60. The maximum absolute atomic E-state index is 11.2. The highest BCUT2D eigenvalue weighted by molar-refractivity contribution is 7.22. The number of carbonyl (C=O) groups is 1. The maximum Gasteiger partial charge on any atom is 0.356 e. The van der Waals surface area contributed by atoms with Gasteiger partial charge in [-0.15, -0.1) is 22.7 Å². The summed E-state index contributed by atoms with van der Waals surface area (Å²) in [5, 5.41) is 9.94. The topological polar surface area (TPSA) is 50.2 Å². The Hall–Kier alpha value is -1.20. The van der Waals surface area contributed by atoms with Crippen molar-refractivity contribution in [1.29, 1.82) is 0 Å². The fraction of sp³-hybridized carbons (Fsp3) is 0.385. The average molecular weight is 281 g/mol. The zero-order chi connectivity index (χ0) is 13.5. The summed E-state index contributed by atoms with van der Waals surface area (Å²) >= 11 is 3.08. The van der Waals surface area contributed by atoms with Gasteiger partial charge in [-0.1, -0.05) is 20.8 Å². The number of thiophene rings is 1.